The summed E-state index contributed by atoms with van der Waals surface area (Å²) in [5.41, 5.74) is 1.62. The van der Waals surface area contributed by atoms with Gasteiger partial charge in [-0.05, 0) is 48.9 Å². The fourth-order valence-electron chi connectivity index (χ4n) is 2.50. The lowest BCUT2D eigenvalue weighted by molar-refractivity contribution is -0.137. The van der Waals surface area contributed by atoms with E-state index in [2.05, 4.69) is 24.1 Å². The molecule has 29 heavy (non-hydrogen) atoms. The number of carbonyl (C=O) groups excluding carboxylic acids is 2. The topological polar surface area (TPSA) is 52.6 Å². The van der Waals surface area contributed by atoms with Gasteiger partial charge in [0.25, 0.3) is 0 Å². The Bertz CT molecular complexity index is 805. The highest BCUT2D eigenvalue weighted by molar-refractivity contribution is 5.71. The molecule has 0 spiro atoms. The quantitative estimate of drug-likeness (QED) is 0.370. The molecule has 0 atom stereocenters. The van der Waals surface area contributed by atoms with E-state index in [1.807, 2.05) is 60.7 Å². The van der Waals surface area contributed by atoms with Crippen molar-refractivity contribution in [1.82, 2.24) is 0 Å². The maximum Gasteiger partial charge on any atom is 0.319 e. The number of hydrogen-bond acceptors (Lipinski definition) is 4. The molecule has 0 aliphatic carbocycles. The summed E-state index contributed by atoms with van der Waals surface area (Å²) in [5, 5.41) is 0. The van der Waals surface area contributed by atoms with Crippen LogP contribution in [0.15, 0.2) is 60.7 Å². The molecule has 2 rings (SSSR count). The van der Waals surface area contributed by atoms with E-state index in [0.29, 0.717) is 12.8 Å². The molecule has 0 saturated carbocycles. The first-order valence-electron chi connectivity index (χ1n) is 9.75. The molecular weight excluding hydrogens is 364 g/mol. The minimum Gasteiger partial charge on any atom is -0.372 e. The van der Waals surface area contributed by atoms with Crippen LogP contribution in [0.5, 0.6) is 0 Å². The molecule has 0 fully saturated rings. The van der Waals surface area contributed by atoms with E-state index in [9.17, 15) is 9.59 Å². The fraction of sp³-hybridized carbons (Fsp3) is 0.280. The van der Waals surface area contributed by atoms with E-state index < -0.39 is 0 Å². The Hall–Kier alpha value is -3.50. The van der Waals surface area contributed by atoms with Crippen molar-refractivity contribution in [2.45, 2.75) is 44.9 Å². The third-order valence-corrected chi connectivity index (χ3v) is 4.03. The third kappa shape index (κ3) is 10.4. The number of unbranched alkanes of at least 4 members (excludes halogenated alkanes) is 4. The van der Waals surface area contributed by atoms with Crippen LogP contribution >= 0.6 is 0 Å². The van der Waals surface area contributed by atoms with Crippen molar-refractivity contribution >= 4 is 11.9 Å². The van der Waals surface area contributed by atoms with E-state index in [1.165, 1.54) is 0 Å². The van der Waals surface area contributed by atoms with Crippen molar-refractivity contribution in [2.75, 3.05) is 0 Å². The lowest BCUT2D eigenvalue weighted by Crippen LogP contribution is -2.00. The standard InChI is InChI=1S/C25H24O4/c26-24(28-20-18-22-12-6-4-7-13-22)16-10-2-1-3-11-17-25(27)29-21-19-23-14-8-5-9-15-23/h4-9,12-15H,1-3,10-11,16-17H2. The largest absolute Gasteiger partial charge is 0.372 e. The highest BCUT2D eigenvalue weighted by atomic mass is 16.5. The highest BCUT2D eigenvalue weighted by Crippen LogP contribution is 2.08. The summed E-state index contributed by atoms with van der Waals surface area (Å²) in [6.07, 6.45) is 9.84. The van der Waals surface area contributed by atoms with Gasteiger partial charge in [0.15, 0.2) is 0 Å². The molecule has 2 aromatic rings. The minimum absolute atomic E-state index is 0.311. The van der Waals surface area contributed by atoms with Gasteiger partial charge in [-0.2, -0.15) is 0 Å². The first-order valence-corrected chi connectivity index (χ1v) is 9.75. The Morgan fingerprint density at radius 3 is 1.38 bits per heavy atom. The monoisotopic (exact) mass is 388 g/mol. The van der Waals surface area contributed by atoms with Gasteiger partial charge in [0.2, 0.25) is 0 Å². The van der Waals surface area contributed by atoms with Crippen LogP contribution in [-0.4, -0.2) is 11.9 Å². The van der Waals surface area contributed by atoms with Gasteiger partial charge in [-0.1, -0.05) is 55.7 Å². The van der Waals surface area contributed by atoms with Gasteiger partial charge in [0.1, 0.15) is 12.2 Å². The van der Waals surface area contributed by atoms with Gasteiger partial charge in [0, 0.05) is 24.0 Å². The summed E-state index contributed by atoms with van der Waals surface area (Å²) in [4.78, 5) is 23.2. The number of benzene rings is 2. The van der Waals surface area contributed by atoms with E-state index in [1.54, 1.807) is 0 Å². The van der Waals surface area contributed by atoms with Crippen molar-refractivity contribution in [3.8, 4) is 24.1 Å². The summed E-state index contributed by atoms with van der Waals surface area (Å²) in [6, 6.07) is 18.7. The van der Waals surface area contributed by atoms with Crippen molar-refractivity contribution in [2.24, 2.45) is 0 Å². The molecule has 0 bridgehead atoms. The van der Waals surface area contributed by atoms with Gasteiger partial charge in [-0.25, -0.2) is 0 Å². The van der Waals surface area contributed by atoms with Crippen LogP contribution in [0.3, 0.4) is 0 Å². The Labute approximate surface area is 172 Å². The van der Waals surface area contributed by atoms with E-state index in [4.69, 9.17) is 9.47 Å². The number of carbonyl (C=O) groups is 2. The molecular formula is C25H24O4. The van der Waals surface area contributed by atoms with Crippen molar-refractivity contribution in [3.63, 3.8) is 0 Å². The smallest absolute Gasteiger partial charge is 0.319 e. The zero-order valence-electron chi connectivity index (χ0n) is 16.4. The molecule has 0 heterocycles. The van der Waals surface area contributed by atoms with E-state index in [-0.39, 0.29) is 11.9 Å². The minimum atomic E-state index is -0.311. The van der Waals surface area contributed by atoms with E-state index >= 15 is 0 Å². The van der Waals surface area contributed by atoms with Crippen LogP contribution in [0.1, 0.15) is 56.1 Å². The summed E-state index contributed by atoms with van der Waals surface area (Å²) < 4.78 is 9.80. The van der Waals surface area contributed by atoms with E-state index in [0.717, 1.165) is 43.2 Å². The summed E-state index contributed by atoms with van der Waals surface area (Å²) in [7, 11) is 0. The zero-order chi connectivity index (χ0) is 20.6. The molecule has 0 aromatic heterocycles. The van der Waals surface area contributed by atoms with Crippen LogP contribution in [-0.2, 0) is 19.1 Å². The first kappa shape index (κ1) is 21.8. The number of esters is 2. The summed E-state index contributed by atoms with van der Waals surface area (Å²) in [5.74, 6) is 4.94. The second kappa shape index (κ2) is 13.6. The second-order valence-electron chi connectivity index (χ2n) is 6.40. The van der Waals surface area contributed by atoms with Gasteiger partial charge in [-0.15, -0.1) is 0 Å². The molecule has 0 N–H and O–H groups in total. The Kier molecular flexibility index (Phi) is 10.2. The lowest BCUT2D eigenvalue weighted by Gasteiger charge is -2.00. The predicted octanol–water partition coefficient (Wildman–Crippen LogP) is 4.82. The molecule has 0 unspecified atom stereocenters. The second-order valence-corrected chi connectivity index (χ2v) is 6.40. The van der Waals surface area contributed by atoms with Crippen LogP contribution < -0.4 is 0 Å². The molecule has 148 valence electrons. The summed E-state index contributed by atoms with van der Waals surface area (Å²) >= 11 is 0. The van der Waals surface area contributed by atoms with Crippen molar-refractivity contribution in [1.29, 1.82) is 0 Å². The molecule has 0 radical (unpaired) electrons. The Balaban J connectivity index is 1.46. The molecule has 0 aliphatic heterocycles. The van der Waals surface area contributed by atoms with Gasteiger partial charge in [0.05, 0.1) is 0 Å². The molecule has 2 aromatic carbocycles. The van der Waals surface area contributed by atoms with Crippen molar-refractivity contribution in [3.05, 3.63) is 71.8 Å². The van der Waals surface area contributed by atoms with Crippen LogP contribution in [0.2, 0.25) is 0 Å². The lowest BCUT2D eigenvalue weighted by atomic mass is 10.1. The van der Waals surface area contributed by atoms with Gasteiger partial charge < -0.3 is 9.47 Å². The maximum atomic E-state index is 11.6. The van der Waals surface area contributed by atoms with Crippen LogP contribution in [0.25, 0.3) is 0 Å². The molecule has 4 nitrogen and oxygen atoms in total. The normalized spacial score (nSPS) is 9.38. The van der Waals surface area contributed by atoms with Gasteiger partial charge >= 0.3 is 11.9 Å². The van der Waals surface area contributed by atoms with Crippen LogP contribution in [0, 0.1) is 24.1 Å². The Morgan fingerprint density at radius 2 is 0.966 bits per heavy atom. The SMILES string of the molecule is O=C(CCCCCCCC(=O)OC#Cc1ccccc1)OC#Cc1ccccc1. The van der Waals surface area contributed by atoms with Gasteiger partial charge in [-0.3, -0.25) is 9.59 Å². The average molecular weight is 388 g/mol. The molecule has 4 heteroatoms. The average Bonchev–Trinajstić information content (AvgIpc) is 2.74. The van der Waals surface area contributed by atoms with Crippen molar-refractivity contribution < 1.29 is 19.1 Å². The highest BCUT2D eigenvalue weighted by Gasteiger charge is 2.03. The summed E-state index contributed by atoms with van der Waals surface area (Å²) in [6.45, 7) is 0. The first-order chi connectivity index (χ1) is 14.2. The Morgan fingerprint density at radius 1 is 0.586 bits per heavy atom. The third-order valence-electron chi connectivity index (χ3n) is 4.03. The molecule has 0 amide bonds. The molecule has 0 aliphatic rings. The number of rotatable bonds is 8. The maximum absolute atomic E-state index is 11.6. The number of ether oxygens (including phenoxy) is 2. The fourth-order valence-corrected chi connectivity index (χ4v) is 2.50. The zero-order valence-corrected chi connectivity index (χ0v) is 16.4. The molecule has 0 saturated heterocycles. The predicted molar refractivity (Wildman–Crippen MR) is 111 cm³/mol. The van der Waals surface area contributed by atoms with Crippen LogP contribution in [0.4, 0.5) is 0 Å². The number of hydrogen-bond donors (Lipinski definition) is 0.